The van der Waals surface area contributed by atoms with Gasteiger partial charge in [-0.3, -0.25) is 4.79 Å². The average Bonchev–Trinajstić information content (AvgIpc) is 3.04. The highest BCUT2D eigenvalue weighted by Crippen LogP contribution is 2.36. The number of carbonyl (C=O) groups excluding carboxylic acids is 1. The zero-order valence-corrected chi connectivity index (χ0v) is 15.0. The monoisotopic (exact) mass is 383 g/mol. The molecule has 4 rings (SSSR count). The average molecular weight is 384 g/mol. The van der Waals surface area contributed by atoms with E-state index in [4.69, 9.17) is 17.3 Å². The maximum Gasteiger partial charge on any atom is 0.248 e. The van der Waals surface area contributed by atoms with Crippen LogP contribution in [0, 0.1) is 5.82 Å². The molecule has 27 heavy (non-hydrogen) atoms. The van der Waals surface area contributed by atoms with Crippen molar-refractivity contribution >= 4 is 23.5 Å². The number of nitrogens with one attached hydrogen (secondary N) is 1. The van der Waals surface area contributed by atoms with E-state index >= 15 is 0 Å². The van der Waals surface area contributed by atoms with E-state index in [0.717, 1.165) is 5.56 Å². The lowest BCUT2D eigenvalue weighted by Gasteiger charge is -2.27. The van der Waals surface area contributed by atoms with Gasteiger partial charge in [-0.15, -0.1) is 5.10 Å². The lowest BCUT2D eigenvalue weighted by molar-refractivity contribution is -0.115. The van der Waals surface area contributed by atoms with Gasteiger partial charge in [0.1, 0.15) is 11.9 Å². The first-order valence-electron chi connectivity index (χ1n) is 8.19. The molecule has 0 unspecified atom stereocenters. The summed E-state index contributed by atoms with van der Waals surface area (Å²) in [5.41, 5.74) is 7.96. The largest absolute Gasteiger partial charge is 0.366 e. The Morgan fingerprint density at radius 2 is 2.00 bits per heavy atom. The van der Waals surface area contributed by atoms with Crippen LogP contribution in [0.2, 0.25) is 5.02 Å². The zero-order chi connectivity index (χ0) is 19.1. The van der Waals surface area contributed by atoms with Gasteiger partial charge in [-0.25, -0.2) is 9.07 Å². The molecule has 0 saturated carbocycles. The summed E-state index contributed by atoms with van der Waals surface area (Å²) in [5.74, 6) is -0.0420. The fourth-order valence-electron chi connectivity index (χ4n) is 3.17. The number of primary amides is 1. The minimum Gasteiger partial charge on any atom is -0.366 e. The number of aromatic nitrogens is 3. The second kappa shape index (κ2) is 6.51. The highest BCUT2D eigenvalue weighted by molar-refractivity contribution is 6.30. The van der Waals surface area contributed by atoms with Gasteiger partial charge in [0.2, 0.25) is 11.9 Å². The van der Waals surface area contributed by atoms with Crippen LogP contribution >= 0.6 is 11.6 Å². The van der Waals surface area contributed by atoms with Crippen LogP contribution in [0.15, 0.2) is 59.8 Å². The molecular formula is C19H15ClFN5O. The van der Waals surface area contributed by atoms with Crippen LogP contribution in [0.1, 0.15) is 18.5 Å². The van der Waals surface area contributed by atoms with Crippen molar-refractivity contribution in [1.82, 2.24) is 14.8 Å². The van der Waals surface area contributed by atoms with Crippen LogP contribution in [0.5, 0.6) is 0 Å². The smallest absolute Gasteiger partial charge is 0.248 e. The quantitative estimate of drug-likeness (QED) is 0.724. The van der Waals surface area contributed by atoms with E-state index in [1.54, 1.807) is 41.9 Å². The van der Waals surface area contributed by atoms with Crippen molar-refractivity contribution in [3.63, 3.8) is 0 Å². The van der Waals surface area contributed by atoms with E-state index < -0.39 is 11.9 Å². The SMILES string of the molecule is CC1=C(C(N)=O)[C@H](c2ccc(F)cc2)n2nc(-c3cccc(Cl)c3)nc2N1. The number of fused-ring (bicyclic) bond motifs is 1. The number of hydrogen-bond donors (Lipinski definition) is 2. The second-order valence-electron chi connectivity index (χ2n) is 6.20. The number of benzene rings is 2. The highest BCUT2D eigenvalue weighted by Gasteiger charge is 2.33. The predicted octanol–water partition coefficient (Wildman–Crippen LogP) is 3.51. The van der Waals surface area contributed by atoms with Gasteiger partial charge < -0.3 is 11.1 Å². The topological polar surface area (TPSA) is 85.8 Å². The Balaban J connectivity index is 1.88. The molecule has 1 aliphatic heterocycles. The molecule has 3 aromatic rings. The van der Waals surface area contributed by atoms with Gasteiger partial charge in [0, 0.05) is 16.3 Å². The van der Waals surface area contributed by atoms with Crippen molar-refractivity contribution < 1.29 is 9.18 Å². The minimum absolute atomic E-state index is 0.344. The van der Waals surface area contributed by atoms with Crippen molar-refractivity contribution in [3.05, 3.63) is 76.2 Å². The molecular weight excluding hydrogens is 369 g/mol. The van der Waals surface area contributed by atoms with Crippen molar-refractivity contribution in [2.75, 3.05) is 5.32 Å². The van der Waals surface area contributed by atoms with Crippen LogP contribution in [0.25, 0.3) is 11.4 Å². The first-order chi connectivity index (χ1) is 12.9. The van der Waals surface area contributed by atoms with Crippen LogP contribution in [0.3, 0.4) is 0 Å². The Bertz CT molecular complexity index is 1070. The molecule has 1 atom stereocenters. The lowest BCUT2D eigenvalue weighted by Crippen LogP contribution is -2.31. The number of amides is 1. The minimum atomic E-state index is -0.611. The van der Waals surface area contributed by atoms with E-state index in [-0.39, 0.29) is 5.82 Å². The number of anilines is 1. The molecule has 8 heteroatoms. The van der Waals surface area contributed by atoms with E-state index in [9.17, 15) is 9.18 Å². The van der Waals surface area contributed by atoms with Crippen LogP contribution < -0.4 is 11.1 Å². The number of halogens is 2. The fourth-order valence-corrected chi connectivity index (χ4v) is 3.36. The molecule has 1 aromatic heterocycles. The maximum absolute atomic E-state index is 13.4. The van der Waals surface area contributed by atoms with Gasteiger partial charge in [-0.2, -0.15) is 4.98 Å². The van der Waals surface area contributed by atoms with E-state index in [1.165, 1.54) is 12.1 Å². The molecule has 0 radical (unpaired) electrons. The van der Waals surface area contributed by atoms with Gasteiger partial charge in [-0.1, -0.05) is 35.9 Å². The summed E-state index contributed by atoms with van der Waals surface area (Å²) in [6, 6.07) is 12.4. The van der Waals surface area contributed by atoms with Crippen LogP contribution in [-0.4, -0.2) is 20.7 Å². The van der Waals surface area contributed by atoms with Gasteiger partial charge in [0.25, 0.3) is 0 Å². The van der Waals surface area contributed by atoms with Crippen LogP contribution in [-0.2, 0) is 4.79 Å². The number of allylic oxidation sites excluding steroid dienone is 1. The highest BCUT2D eigenvalue weighted by atomic mass is 35.5. The normalized spacial score (nSPS) is 16.0. The summed E-state index contributed by atoms with van der Waals surface area (Å²) < 4.78 is 15.0. The molecule has 0 aliphatic carbocycles. The van der Waals surface area contributed by atoms with Crippen molar-refractivity contribution in [2.24, 2.45) is 5.73 Å². The Labute approximate surface area is 159 Å². The molecule has 3 N–H and O–H groups in total. The number of hydrogen-bond acceptors (Lipinski definition) is 4. The van der Waals surface area contributed by atoms with Gasteiger partial charge in [0.15, 0.2) is 5.82 Å². The van der Waals surface area contributed by atoms with E-state index in [0.29, 0.717) is 33.6 Å². The Morgan fingerprint density at radius 3 is 2.67 bits per heavy atom. The summed E-state index contributed by atoms with van der Waals surface area (Å²) >= 11 is 6.07. The third-order valence-corrected chi connectivity index (χ3v) is 4.62. The first kappa shape index (κ1) is 17.2. The molecule has 136 valence electrons. The van der Waals surface area contributed by atoms with E-state index in [2.05, 4.69) is 15.4 Å². The van der Waals surface area contributed by atoms with E-state index in [1.807, 2.05) is 6.07 Å². The fraction of sp³-hybridized carbons (Fsp3) is 0.105. The lowest BCUT2D eigenvalue weighted by atomic mass is 9.95. The van der Waals surface area contributed by atoms with Crippen molar-refractivity contribution in [2.45, 2.75) is 13.0 Å². The summed E-state index contributed by atoms with van der Waals surface area (Å²) in [6.07, 6.45) is 0. The van der Waals surface area contributed by atoms with Crippen molar-refractivity contribution in [3.8, 4) is 11.4 Å². The molecule has 0 saturated heterocycles. The third-order valence-electron chi connectivity index (χ3n) is 4.39. The molecule has 0 spiro atoms. The predicted molar refractivity (Wildman–Crippen MR) is 101 cm³/mol. The molecule has 1 aliphatic rings. The summed E-state index contributed by atoms with van der Waals surface area (Å²) in [7, 11) is 0. The standard InChI is InChI=1S/C19H15ClFN5O/c1-10-15(17(22)27)16(11-5-7-14(21)8-6-11)26-19(23-10)24-18(25-26)12-3-2-4-13(20)9-12/h2-9,16H,1H3,(H2,22,27)(H,23,24,25)/t16-/m0/s1. The molecule has 1 amide bonds. The molecule has 6 nitrogen and oxygen atoms in total. The molecule has 2 heterocycles. The summed E-state index contributed by atoms with van der Waals surface area (Å²) in [5, 5.41) is 8.19. The van der Waals surface area contributed by atoms with Crippen LogP contribution in [0.4, 0.5) is 10.3 Å². The maximum atomic E-state index is 13.4. The zero-order valence-electron chi connectivity index (χ0n) is 14.3. The Morgan fingerprint density at radius 1 is 1.26 bits per heavy atom. The van der Waals surface area contributed by atoms with Gasteiger partial charge in [-0.05, 0) is 36.8 Å². The summed E-state index contributed by atoms with van der Waals surface area (Å²) in [6.45, 7) is 1.74. The first-order valence-corrected chi connectivity index (χ1v) is 8.57. The number of nitrogens with two attached hydrogens (primary N) is 1. The number of nitrogens with zero attached hydrogens (tertiary/aromatic N) is 3. The third kappa shape index (κ3) is 3.06. The number of rotatable bonds is 3. The Kier molecular flexibility index (Phi) is 4.16. The molecule has 0 fully saturated rings. The van der Waals surface area contributed by atoms with Crippen molar-refractivity contribution in [1.29, 1.82) is 0 Å². The number of carbonyl (C=O) groups is 1. The van der Waals surface area contributed by atoms with Gasteiger partial charge >= 0.3 is 0 Å². The molecule has 0 bridgehead atoms. The second-order valence-corrected chi connectivity index (χ2v) is 6.63. The molecule has 2 aromatic carbocycles. The summed E-state index contributed by atoms with van der Waals surface area (Å²) in [4.78, 5) is 16.6. The Hall–Kier alpha value is -3.19. The van der Waals surface area contributed by atoms with Gasteiger partial charge in [0.05, 0.1) is 5.57 Å².